The second-order valence-corrected chi connectivity index (χ2v) is 7.04. The molecule has 21 heavy (non-hydrogen) atoms. The molecule has 116 valence electrons. The molecule has 1 aliphatic heterocycles. The van der Waals surface area contributed by atoms with Crippen LogP contribution in [0.2, 0.25) is 0 Å². The highest BCUT2D eigenvalue weighted by molar-refractivity contribution is 7.10. The summed E-state index contributed by atoms with van der Waals surface area (Å²) in [6, 6.07) is 2.64. The van der Waals surface area contributed by atoms with Crippen molar-refractivity contribution in [2.45, 2.75) is 64.0 Å². The second-order valence-electron chi connectivity index (χ2n) is 6.10. The minimum absolute atomic E-state index is 0.0149. The number of hydrogen-bond donors (Lipinski definition) is 0. The van der Waals surface area contributed by atoms with Crippen LogP contribution in [0.4, 0.5) is 0 Å². The van der Waals surface area contributed by atoms with Crippen molar-refractivity contribution >= 4 is 17.2 Å². The summed E-state index contributed by atoms with van der Waals surface area (Å²) in [7, 11) is 0. The van der Waals surface area contributed by atoms with Crippen LogP contribution in [0.15, 0.2) is 11.4 Å². The molecular weight excluding hydrogens is 282 g/mol. The van der Waals surface area contributed by atoms with Gasteiger partial charge in [-0.05, 0) is 43.2 Å². The van der Waals surface area contributed by atoms with Gasteiger partial charge in [0.05, 0.1) is 13.0 Å². The standard InChI is InChI=1S/C17H25NO2S/c1-2-18(14-6-4-3-5-7-14)16(19)12-15-17-13(8-10-20-15)9-11-21-17/h9,11,14-15H,2-8,10,12H2,1H3. The van der Waals surface area contributed by atoms with Crippen LogP contribution in [-0.2, 0) is 16.0 Å². The van der Waals surface area contributed by atoms with Gasteiger partial charge in [0.1, 0.15) is 6.10 Å². The number of rotatable bonds is 4. The van der Waals surface area contributed by atoms with Gasteiger partial charge in [-0.15, -0.1) is 11.3 Å². The van der Waals surface area contributed by atoms with Crippen molar-refractivity contribution in [3.8, 4) is 0 Å². The van der Waals surface area contributed by atoms with E-state index in [1.54, 1.807) is 11.3 Å². The predicted octanol–water partition coefficient (Wildman–Crippen LogP) is 3.93. The number of ether oxygens (including phenoxy) is 1. The molecule has 2 heterocycles. The molecule has 0 saturated heterocycles. The Kier molecular flexibility index (Phi) is 4.96. The normalized spacial score (nSPS) is 22.8. The van der Waals surface area contributed by atoms with Gasteiger partial charge in [0.2, 0.25) is 5.91 Å². The Bertz CT molecular complexity index is 479. The highest BCUT2D eigenvalue weighted by Gasteiger charge is 2.29. The summed E-state index contributed by atoms with van der Waals surface area (Å²) in [6.45, 7) is 3.68. The first kappa shape index (κ1) is 15.0. The average Bonchev–Trinajstić information content (AvgIpc) is 2.99. The van der Waals surface area contributed by atoms with E-state index >= 15 is 0 Å². The Labute approximate surface area is 131 Å². The number of fused-ring (bicyclic) bond motifs is 1. The first-order valence-electron chi connectivity index (χ1n) is 8.27. The summed E-state index contributed by atoms with van der Waals surface area (Å²) >= 11 is 1.73. The van der Waals surface area contributed by atoms with Crippen LogP contribution in [0.25, 0.3) is 0 Å². The quantitative estimate of drug-likeness (QED) is 0.843. The van der Waals surface area contributed by atoms with E-state index < -0.39 is 0 Å². The molecule has 1 saturated carbocycles. The maximum absolute atomic E-state index is 12.7. The summed E-state index contributed by atoms with van der Waals surface area (Å²) in [6.07, 6.45) is 7.70. The Morgan fingerprint density at radius 2 is 2.19 bits per heavy atom. The fourth-order valence-corrected chi connectivity index (χ4v) is 4.69. The van der Waals surface area contributed by atoms with E-state index in [1.165, 1.54) is 42.5 Å². The highest BCUT2D eigenvalue weighted by atomic mass is 32.1. The molecule has 3 rings (SSSR count). The Balaban J connectivity index is 1.65. The van der Waals surface area contributed by atoms with Crippen LogP contribution in [0.5, 0.6) is 0 Å². The first-order chi connectivity index (χ1) is 10.3. The van der Waals surface area contributed by atoms with Gasteiger partial charge in [0, 0.05) is 17.5 Å². The van der Waals surface area contributed by atoms with Gasteiger partial charge in [0.25, 0.3) is 0 Å². The second kappa shape index (κ2) is 6.93. The monoisotopic (exact) mass is 307 g/mol. The zero-order valence-corrected chi connectivity index (χ0v) is 13.7. The van der Waals surface area contributed by atoms with Crippen LogP contribution in [0, 0.1) is 0 Å². The summed E-state index contributed by atoms with van der Waals surface area (Å²) in [5.41, 5.74) is 1.38. The molecule has 0 bridgehead atoms. The van der Waals surface area contributed by atoms with Gasteiger partial charge in [-0.1, -0.05) is 19.3 Å². The number of carbonyl (C=O) groups is 1. The van der Waals surface area contributed by atoms with Gasteiger partial charge in [-0.3, -0.25) is 4.79 Å². The number of carbonyl (C=O) groups excluding carboxylic acids is 1. The Morgan fingerprint density at radius 3 is 2.95 bits per heavy atom. The highest BCUT2D eigenvalue weighted by Crippen LogP contribution is 2.35. The fourth-order valence-electron chi connectivity index (χ4n) is 3.68. The van der Waals surface area contributed by atoms with E-state index in [2.05, 4.69) is 23.3 Å². The van der Waals surface area contributed by atoms with Crippen molar-refractivity contribution in [2.24, 2.45) is 0 Å². The SMILES string of the molecule is CCN(C(=O)CC1OCCc2ccsc21)C1CCCCC1. The van der Waals surface area contributed by atoms with E-state index in [4.69, 9.17) is 4.74 Å². The van der Waals surface area contributed by atoms with E-state index in [0.29, 0.717) is 12.5 Å². The average molecular weight is 307 g/mol. The first-order valence-corrected chi connectivity index (χ1v) is 9.15. The molecule has 1 aromatic rings. The summed E-state index contributed by atoms with van der Waals surface area (Å²) in [5.74, 6) is 0.274. The minimum Gasteiger partial charge on any atom is -0.372 e. The maximum atomic E-state index is 12.7. The lowest BCUT2D eigenvalue weighted by Crippen LogP contribution is -2.42. The third-order valence-electron chi connectivity index (χ3n) is 4.80. The zero-order chi connectivity index (χ0) is 14.7. The molecule has 1 unspecified atom stereocenters. The van der Waals surface area contributed by atoms with Gasteiger partial charge in [-0.2, -0.15) is 0 Å². The van der Waals surface area contributed by atoms with E-state index in [0.717, 1.165) is 19.6 Å². The minimum atomic E-state index is -0.0149. The molecular formula is C17H25NO2S. The van der Waals surface area contributed by atoms with Crippen LogP contribution < -0.4 is 0 Å². The van der Waals surface area contributed by atoms with Crippen molar-refractivity contribution in [1.29, 1.82) is 0 Å². The molecule has 0 N–H and O–H groups in total. The van der Waals surface area contributed by atoms with Crippen LogP contribution >= 0.6 is 11.3 Å². The van der Waals surface area contributed by atoms with E-state index in [1.807, 2.05) is 0 Å². The lowest BCUT2D eigenvalue weighted by molar-refractivity contribution is -0.137. The van der Waals surface area contributed by atoms with E-state index in [-0.39, 0.29) is 12.0 Å². The van der Waals surface area contributed by atoms with Gasteiger partial charge in [0.15, 0.2) is 0 Å². The lowest BCUT2D eigenvalue weighted by atomic mass is 9.93. The molecule has 1 aliphatic carbocycles. The van der Waals surface area contributed by atoms with Crippen LogP contribution in [-0.4, -0.2) is 30.0 Å². The topological polar surface area (TPSA) is 29.5 Å². The van der Waals surface area contributed by atoms with Crippen molar-refractivity contribution in [2.75, 3.05) is 13.2 Å². The maximum Gasteiger partial charge on any atom is 0.225 e. The molecule has 2 aliphatic rings. The summed E-state index contributed by atoms with van der Waals surface area (Å²) in [5, 5.41) is 2.12. The molecule has 1 amide bonds. The molecule has 4 heteroatoms. The third kappa shape index (κ3) is 3.32. The molecule has 3 nitrogen and oxygen atoms in total. The van der Waals surface area contributed by atoms with Crippen molar-refractivity contribution < 1.29 is 9.53 Å². The molecule has 1 fully saturated rings. The zero-order valence-electron chi connectivity index (χ0n) is 12.8. The van der Waals surface area contributed by atoms with Crippen molar-refractivity contribution in [3.05, 3.63) is 21.9 Å². The van der Waals surface area contributed by atoms with Crippen molar-refractivity contribution in [1.82, 2.24) is 4.90 Å². The third-order valence-corrected chi connectivity index (χ3v) is 5.85. The largest absolute Gasteiger partial charge is 0.372 e. The smallest absolute Gasteiger partial charge is 0.225 e. The fraction of sp³-hybridized carbons (Fsp3) is 0.706. The van der Waals surface area contributed by atoms with Gasteiger partial charge >= 0.3 is 0 Å². The van der Waals surface area contributed by atoms with Crippen LogP contribution in [0.1, 0.15) is 62.0 Å². The van der Waals surface area contributed by atoms with Crippen molar-refractivity contribution in [3.63, 3.8) is 0 Å². The molecule has 1 atom stereocenters. The number of nitrogens with zero attached hydrogens (tertiary/aromatic N) is 1. The number of thiophene rings is 1. The number of amides is 1. The van der Waals surface area contributed by atoms with Crippen LogP contribution in [0.3, 0.4) is 0 Å². The molecule has 0 aromatic carbocycles. The summed E-state index contributed by atoms with van der Waals surface area (Å²) < 4.78 is 5.88. The lowest BCUT2D eigenvalue weighted by Gasteiger charge is -2.35. The predicted molar refractivity (Wildman–Crippen MR) is 85.6 cm³/mol. The van der Waals surface area contributed by atoms with E-state index in [9.17, 15) is 4.79 Å². The molecule has 0 spiro atoms. The Morgan fingerprint density at radius 1 is 1.38 bits per heavy atom. The number of hydrogen-bond acceptors (Lipinski definition) is 3. The molecule has 0 radical (unpaired) electrons. The summed E-state index contributed by atoms with van der Waals surface area (Å²) in [4.78, 5) is 16.1. The van der Waals surface area contributed by atoms with Gasteiger partial charge in [-0.25, -0.2) is 0 Å². The van der Waals surface area contributed by atoms with Gasteiger partial charge < -0.3 is 9.64 Å². The molecule has 1 aromatic heterocycles. The Hall–Kier alpha value is -0.870.